The molecule has 0 saturated heterocycles. The fourth-order valence-electron chi connectivity index (χ4n) is 6.76. The highest BCUT2D eigenvalue weighted by molar-refractivity contribution is 7.92. The number of aryl methyl sites for hydroxylation is 2. The van der Waals surface area contributed by atoms with Gasteiger partial charge in [-0.15, -0.1) is 5.10 Å². The number of halogens is 6. The molecule has 4 heterocycles. The number of esters is 1. The SMILES string of the molecule is CCOC(=O)C1=NOC(c2ccccc2)(c2ccccc2)C1.COc1ncc(F)c2nc(S(=O)(=O)Nc3c(F)cccc3F)nn12.Cc1[nH]n(C)c(=O)c1C(=O)c1ccc(C(F)(F)F)cc1S(C)(=O)=O. The van der Waals surface area contributed by atoms with E-state index in [9.17, 15) is 57.6 Å². The van der Waals surface area contributed by atoms with Crippen LogP contribution in [-0.4, -0.2) is 83.6 Å². The third-order valence-electron chi connectivity index (χ3n) is 10.0. The van der Waals surface area contributed by atoms with Gasteiger partial charge in [-0.1, -0.05) is 71.9 Å². The van der Waals surface area contributed by atoms with Crippen LogP contribution >= 0.6 is 0 Å². The molecule has 0 atom stereocenters. The lowest BCUT2D eigenvalue weighted by Crippen LogP contribution is -2.29. The summed E-state index contributed by atoms with van der Waals surface area (Å²) < 4.78 is 141. The van der Waals surface area contributed by atoms with Crippen molar-refractivity contribution in [2.75, 3.05) is 24.7 Å². The average Bonchev–Trinajstić information content (AvgIpc) is 4.05. The third kappa shape index (κ3) is 10.9. The molecule has 26 heteroatoms. The van der Waals surface area contributed by atoms with Crippen molar-refractivity contribution in [3.05, 3.63) is 165 Å². The number of para-hydroxylation sites is 1. The summed E-state index contributed by atoms with van der Waals surface area (Å²) in [6.07, 6.45) is -2.94. The summed E-state index contributed by atoms with van der Waals surface area (Å²) in [4.78, 5) is 48.6. The second kappa shape index (κ2) is 20.4. The van der Waals surface area contributed by atoms with Crippen molar-refractivity contribution in [3.8, 4) is 6.01 Å². The Morgan fingerprint density at radius 2 is 1.50 bits per heavy atom. The Kier molecular flexibility index (Phi) is 15.0. The first kappa shape index (κ1) is 51.5. The van der Waals surface area contributed by atoms with Gasteiger partial charge in [0, 0.05) is 35.7 Å². The van der Waals surface area contributed by atoms with Crippen LogP contribution in [0.3, 0.4) is 0 Å². The van der Waals surface area contributed by atoms with E-state index in [4.69, 9.17) is 14.3 Å². The number of carbonyl (C=O) groups excluding carboxylic acids is 2. The number of sulfone groups is 1. The standard InChI is InChI=1S/C18H17NO3.C14H13F3N2O4S.C12H8F3N5O3S/c1-2-21-17(20)16-13-18(22-19-16,14-9-5-3-6-10-14)15-11-7-4-8-12-15;1-7-11(13(21)19(2)18-7)12(20)9-5-4-8(14(15,16)17)6-10(9)24(3,22)23;1-23-12-16-5-8(15)10-17-11(18-20(10)12)24(21,22)19-9-6(13)3-2-4-7(9)14/h3-12H,2,13H2,1H3;4-6,18H,1-3H3;2-5,19H,1H3. The Hall–Kier alpha value is -7.87. The Labute approximate surface area is 393 Å². The highest BCUT2D eigenvalue weighted by Crippen LogP contribution is 2.41. The summed E-state index contributed by atoms with van der Waals surface area (Å²) in [5.74, 6) is -4.60. The maximum atomic E-state index is 13.7. The van der Waals surface area contributed by atoms with E-state index in [1.54, 1.807) is 11.6 Å². The predicted molar refractivity (Wildman–Crippen MR) is 237 cm³/mol. The third-order valence-corrected chi connectivity index (χ3v) is 12.3. The summed E-state index contributed by atoms with van der Waals surface area (Å²) in [6.45, 7) is 3.52. The minimum Gasteiger partial charge on any atom is -0.467 e. The second-order valence-corrected chi connectivity index (χ2v) is 18.4. The average molecular weight is 1020 g/mol. The number of benzene rings is 4. The molecule has 0 radical (unpaired) electrons. The Morgan fingerprint density at radius 3 is 2.01 bits per heavy atom. The molecule has 0 spiro atoms. The van der Waals surface area contributed by atoms with Crippen LogP contribution in [0.15, 0.2) is 123 Å². The fourth-order valence-corrected chi connectivity index (χ4v) is 8.62. The van der Waals surface area contributed by atoms with Crippen molar-refractivity contribution in [1.29, 1.82) is 0 Å². The summed E-state index contributed by atoms with van der Waals surface area (Å²) in [7, 11) is -6.14. The maximum absolute atomic E-state index is 13.7. The van der Waals surface area contributed by atoms with Crippen LogP contribution < -0.4 is 15.0 Å². The maximum Gasteiger partial charge on any atom is 0.416 e. The number of ether oxygens (including phenoxy) is 2. The molecule has 2 N–H and O–H groups in total. The van der Waals surface area contributed by atoms with E-state index in [0.717, 1.165) is 46.3 Å². The number of aromatic nitrogens is 6. The van der Waals surface area contributed by atoms with Gasteiger partial charge in [-0.25, -0.2) is 31.4 Å². The number of ketones is 1. The lowest BCUT2D eigenvalue weighted by atomic mass is 9.82. The summed E-state index contributed by atoms with van der Waals surface area (Å²) >= 11 is 0. The second-order valence-electron chi connectivity index (χ2n) is 14.8. The number of rotatable bonds is 11. The number of nitrogens with zero attached hydrogens (tertiary/aromatic N) is 6. The molecule has 0 amide bonds. The number of oxime groups is 1. The van der Waals surface area contributed by atoms with Crippen LogP contribution in [0.4, 0.5) is 32.0 Å². The number of aromatic amines is 1. The molecule has 8 rings (SSSR count). The Bertz CT molecular complexity index is 3360. The van der Waals surface area contributed by atoms with Crippen molar-refractivity contribution in [3.63, 3.8) is 0 Å². The van der Waals surface area contributed by atoms with Gasteiger partial charge >= 0.3 is 18.2 Å². The smallest absolute Gasteiger partial charge is 0.416 e. The molecule has 0 unspecified atom stereocenters. The van der Waals surface area contributed by atoms with E-state index >= 15 is 0 Å². The molecule has 1 aliphatic rings. The van der Waals surface area contributed by atoms with Gasteiger partial charge in [0.2, 0.25) is 5.78 Å². The highest BCUT2D eigenvalue weighted by Gasteiger charge is 2.45. The number of hydrogen-bond donors (Lipinski definition) is 2. The monoisotopic (exact) mass is 1020 g/mol. The molecular weight excluding hydrogens is 979 g/mol. The molecule has 0 fully saturated rings. The Balaban J connectivity index is 0.000000172. The molecule has 0 saturated carbocycles. The lowest BCUT2D eigenvalue weighted by Gasteiger charge is -2.27. The van der Waals surface area contributed by atoms with Crippen LogP contribution in [0.5, 0.6) is 6.01 Å². The van der Waals surface area contributed by atoms with Gasteiger partial charge in [0.25, 0.3) is 20.7 Å². The van der Waals surface area contributed by atoms with E-state index in [0.29, 0.717) is 41.6 Å². The number of sulfonamides is 1. The molecule has 4 aromatic carbocycles. The first-order valence-electron chi connectivity index (χ1n) is 20.1. The quantitative estimate of drug-likeness (QED) is 0.0824. The molecule has 70 heavy (non-hydrogen) atoms. The van der Waals surface area contributed by atoms with E-state index in [1.807, 2.05) is 60.7 Å². The lowest BCUT2D eigenvalue weighted by molar-refractivity contribution is -0.138. The van der Waals surface area contributed by atoms with E-state index < -0.39 is 98.9 Å². The number of nitrogens with one attached hydrogen (secondary N) is 2. The van der Waals surface area contributed by atoms with Gasteiger partial charge in [-0.3, -0.25) is 24.1 Å². The molecule has 0 bridgehead atoms. The molecular formula is C44H38F6N8O10S2. The predicted octanol–water partition coefficient (Wildman–Crippen LogP) is 6.30. The number of hydrogen-bond acceptors (Lipinski definition) is 14. The zero-order chi connectivity index (χ0) is 51.3. The fraction of sp³-hybridized carbons (Fsp3) is 0.205. The number of carbonyl (C=O) groups is 2. The molecule has 0 aliphatic carbocycles. The first-order valence-corrected chi connectivity index (χ1v) is 23.5. The van der Waals surface area contributed by atoms with Gasteiger partial charge in [0.05, 0.1) is 36.8 Å². The van der Waals surface area contributed by atoms with Gasteiger partial charge < -0.3 is 14.3 Å². The van der Waals surface area contributed by atoms with Crippen molar-refractivity contribution >= 4 is 48.7 Å². The normalized spacial score (nSPS) is 13.2. The molecule has 7 aromatic rings. The minimum absolute atomic E-state index is 0.187. The number of alkyl halides is 3. The number of methoxy groups -OCH3 is 1. The minimum atomic E-state index is -4.76. The molecule has 368 valence electrons. The summed E-state index contributed by atoms with van der Waals surface area (Å²) in [6, 6.07) is 24.0. The van der Waals surface area contributed by atoms with E-state index in [2.05, 4.69) is 25.3 Å². The van der Waals surface area contributed by atoms with E-state index in [1.165, 1.54) is 21.1 Å². The molecule has 1 aliphatic heterocycles. The first-order chi connectivity index (χ1) is 32.9. The van der Waals surface area contributed by atoms with Gasteiger partial charge in [-0.05, 0) is 44.2 Å². The zero-order valence-corrected chi connectivity index (χ0v) is 38.7. The van der Waals surface area contributed by atoms with Gasteiger partial charge in [-0.2, -0.15) is 31.1 Å². The van der Waals surface area contributed by atoms with Gasteiger partial charge in [0.1, 0.15) is 22.9 Å². The summed E-state index contributed by atoms with van der Waals surface area (Å²) in [5, 5.41) is 9.22. The van der Waals surface area contributed by atoms with Gasteiger partial charge in [0.15, 0.2) is 32.6 Å². The van der Waals surface area contributed by atoms with Crippen molar-refractivity contribution < 1.29 is 67.1 Å². The zero-order valence-electron chi connectivity index (χ0n) is 37.1. The van der Waals surface area contributed by atoms with E-state index in [-0.39, 0.29) is 17.3 Å². The van der Waals surface area contributed by atoms with Crippen molar-refractivity contribution in [1.82, 2.24) is 29.4 Å². The number of H-pyrrole nitrogens is 1. The largest absolute Gasteiger partial charge is 0.467 e. The van der Waals surface area contributed by atoms with Crippen molar-refractivity contribution in [2.24, 2.45) is 12.2 Å². The topological polar surface area (TPSA) is 235 Å². The number of fused-ring (bicyclic) bond motifs is 1. The molecule has 3 aromatic heterocycles. The van der Waals surface area contributed by atoms with Crippen LogP contribution in [0.25, 0.3) is 5.65 Å². The van der Waals surface area contributed by atoms with Crippen LogP contribution in [0.1, 0.15) is 51.7 Å². The van der Waals surface area contributed by atoms with Crippen LogP contribution in [0, 0.1) is 24.4 Å². The number of anilines is 1. The van der Waals surface area contributed by atoms with Crippen molar-refractivity contribution in [2.45, 2.75) is 42.1 Å². The highest BCUT2D eigenvalue weighted by atomic mass is 32.2. The summed E-state index contributed by atoms with van der Waals surface area (Å²) in [5.41, 5.74) is -2.42. The van der Waals surface area contributed by atoms with Crippen LogP contribution in [0.2, 0.25) is 0 Å². The molecule has 18 nitrogen and oxygen atoms in total. The Morgan fingerprint density at radius 1 is 0.900 bits per heavy atom. The van der Waals surface area contributed by atoms with Crippen LogP contribution in [-0.2, 0) is 53.1 Å².